The Hall–Kier alpha value is -8.00. The van der Waals surface area contributed by atoms with E-state index in [1.54, 1.807) is 0 Å². The molecule has 296 valence electrons. The number of hydrogen-bond donors (Lipinski definition) is 0. The van der Waals surface area contributed by atoms with E-state index in [0.717, 1.165) is 17.1 Å². The second-order valence-electron chi connectivity index (χ2n) is 16.8. The molecule has 0 N–H and O–H groups in total. The Morgan fingerprint density at radius 2 is 0.556 bits per heavy atom. The molecule has 1 nitrogen and oxygen atoms in total. The lowest BCUT2D eigenvalue weighted by molar-refractivity contribution is 0.768. The first kappa shape index (κ1) is 36.8. The molecule has 0 saturated heterocycles. The predicted octanol–water partition coefficient (Wildman–Crippen LogP) is 15.5. The summed E-state index contributed by atoms with van der Waals surface area (Å²) in [5, 5.41) is 0. The van der Waals surface area contributed by atoms with Crippen molar-refractivity contribution in [2.45, 2.75) is 10.8 Å². The van der Waals surface area contributed by atoms with Crippen molar-refractivity contribution in [1.82, 2.24) is 0 Å². The lowest BCUT2D eigenvalue weighted by Crippen LogP contribution is -2.28. The summed E-state index contributed by atoms with van der Waals surface area (Å²) in [5.41, 5.74) is 20.2. The molecule has 0 saturated carbocycles. The molecule has 2 aliphatic carbocycles. The van der Waals surface area contributed by atoms with Crippen molar-refractivity contribution >= 4 is 17.1 Å². The molecule has 0 aromatic heterocycles. The minimum atomic E-state index is -0.487. The smallest absolute Gasteiger partial charge is 0.0714 e. The summed E-state index contributed by atoms with van der Waals surface area (Å²) in [4.78, 5) is 2.41. The van der Waals surface area contributed by atoms with E-state index in [-0.39, 0.29) is 0 Å². The number of nitrogens with zero attached hydrogens (tertiary/aromatic N) is 1. The third-order valence-electron chi connectivity index (χ3n) is 13.6. The molecule has 12 rings (SSSR count). The second-order valence-corrected chi connectivity index (χ2v) is 16.8. The molecular formula is C62H43N. The number of benzene rings is 10. The van der Waals surface area contributed by atoms with Gasteiger partial charge in [-0.25, -0.2) is 0 Å². The van der Waals surface area contributed by atoms with E-state index in [1.165, 1.54) is 77.9 Å². The van der Waals surface area contributed by atoms with E-state index in [4.69, 9.17) is 0 Å². The predicted molar refractivity (Wildman–Crippen MR) is 261 cm³/mol. The van der Waals surface area contributed by atoms with Crippen molar-refractivity contribution < 1.29 is 0 Å². The van der Waals surface area contributed by atoms with E-state index >= 15 is 0 Å². The molecule has 0 bridgehead atoms. The maximum absolute atomic E-state index is 2.45. The average Bonchev–Trinajstić information content (AvgIpc) is 3.84. The Balaban J connectivity index is 1.01. The number of hydrogen-bond acceptors (Lipinski definition) is 1. The molecule has 63 heavy (non-hydrogen) atoms. The normalized spacial score (nSPS) is 13.7. The Labute approximate surface area is 369 Å². The fraction of sp³-hybridized carbons (Fsp3) is 0.0323. The summed E-state index contributed by atoms with van der Waals surface area (Å²) >= 11 is 0. The molecule has 0 aliphatic heterocycles. The van der Waals surface area contributed by atoms with E-state index in [1.807, 2.05) is 0 Å². The van der Waals surface area contributed by atoms with Crippen LogP contribution in [0.2, 0.25) is 0 Å². The van der Waals surface area contributed by atoms with Crippen molar-refractivity contribution in [3.8, 4) is 33.4 Å². The molecule has 0 amide bonds. The van der Waals surface area contributed by atoms with Gasteiger partial charge in [-0.05, 0) is 120 Å². The van der Waals surface area contributed by atoms with E-state index < -0.39 is 10.8 Å². The topological polar surface area (TPSA) is 3.24 Å². The van der Waals surface area contributed by atoms with Gasteiger partial charge in [0.15, 0.2) is 0 Å². The Kier molecular flexibility index (Phi) is 8.69. The van der Waals surface area contributed by atoms with Gasteiger partial charge in [0, 0.05) is 17.1 Å². The first-order chi connectivity index (χ1) is 31.3. The highest BCUT2D eigenvalue weighted by Crippen LogP contribution is 2.58. The fourth-order valence-corrected chi connectivity index (χ4v) is 11.0. The monoisotopic (exact) mass is 801 g/mol. The summed E-state index contributed by atoms with van der Waals surface area (Å²) < 4.78 is 0. The van der Waals surface area contributed by atoms with Crippen LogP contribution in [0.15, 0.2) is 261 Å². The maximum Gasteiger partial charge on any atom is 0.0714 e. The number of para-hydroxylation sites is 1. The summed E-state index contributed by atoms with van der Waals surface area (Å²) in [7, 11) is 0. The van der Waals surface area contributed by atoms with E-state index in [2.05, 4.69) is 266 Å². The third kappa shape index (κ3) is 5.56. The van der Waals surface area contributed by atoms with Gasteiger partial charge in [0.2, 0.25) is 0 Å². The highest BCUT2D eigenvalue weighted by molar-refractivity contribution is 5.91. The zero-order chi connectivity index (χ0) is 41.8. The standard InChI is InChI=1S/C62H43N/c1-6-20-46(21-7-1)61(47-22-8-2-9-23-47)57-32-18-16-30-53(57)55-40-36-45(42-59(55)61)44-34-37-51(38-35-44)63(50-28-14-5-15-29-50)52-39-41-56-54-31-17-19-33-58(54)62(60(56)43-52,48-24-10-3-11-25-48)49-26-12-4-13-27-49/h1-43H. The van der Waals surface area contributed by atoms with Crippen LogP contribution in [0, 0.1) is 0 Å². The average molecular weight is 802 g/mol. The van der Waals surface area contributed by atoms with Gasteiger partial charge >= 0.3 is 0 Å². The first-order valence-corrected chi connectivity index (χ1v) is 21.9. The van der Waals surface area contributed by atoms with Crippen LogP contribution in [0.3, 0.4) is 0 Å². The Morgan fingerprint density at radius 3 is 1.03 bits per heavy atom. The molecular weight excluding hydrogens is 759 g/mol. The molecule has 0 unspecified atom stereocenters. The molecule has 0 spiro atoms. The number of fused-ring (bicyclic) bond motifs is 6. The van der Waals surface area contributed by atoms with Crippen LogP contribution in [-0.2, 0) is 10.8 Å². The van der Waals surface area contributed by atoms with Crippen molar-refractivity contribution in [2.75, 3.05) is 4.90 Å². The van der Waals surface area contributed by atoms with Gasteiger partial charge in [-0.3, -0.25) is 0 Å². The molecule has 10 aromatic rings. The third-order valence-corrected chi connectivity index (χ3v) is 13.6. The molecule has 2 aliphatic rings. The van der Waals surface area contributed by atoms with Gasteiger partial charge in [0.1, 0.15) is 0 Å². The largest absolute Gasteiger partial charge is 0.310 e. The van der Waals surface area contributed by atoms with Crippen LogP contribution in [0.5, 0.6) is 0 Å². The minimum absolute atomic E-state index is 0.448. The van der Waals surface area contributed by atoms with Crippen LogP contribution in [0.1, 0.15) is 44.5 Å². The van der Waals surface area contributed by atoms with Gasteiger partial charge in [0.05, 0.1) is 10.8 Å². The summed E-state index contributed by atoms with van der Waals surface area (Å²) in [6.07, 6.45) is 0. The highest BCUT2D eigenvalue weighted by atomic mass is 15.1. The van der Waals surface area contributed by atoms with Gasteiger partial charge in [-0.2, -0.15) is 0 Å². The summed E-state index contributed by atoms with van der Waals surface area (Å²) in [6, 6.07) is 96.2. The van der Waals surface area contributed by atoms with Crippen molar-refractivity contribution in [2.24, 2.45) is 0 Å². The first-order valence-electron chi connectivity index (χ1n) is 21.9. The number of rotatable bonds is 8. The maximum atomic E-state index is 2.45. The fourth-order valence-electron chi connectivity index (χ4n) is 11.0. The van der Waals surface area contributed by atoms with Crippen molar-refractivity contribution in [1.29, 1.82) is 0 Å². The number of anilines is 3. The van der Waals surface area contributed by atoms with Crippen LogP contribution < -0.4 is 4.90 Å². The molecule has 0 radical (unpaired) electrons. The van der Waals surface area contributed by atoms with Crippen LogP contribution in [0.25, 0.3) is 33.4 Å². The summed E-state index contributed by atoms with van der Waals surface area (Å²) in [6.45, 7) is 0. The SMILES string of the molecule is c1ccc(N(c2ccc(-c3ccc4c(c3)C(c3ccccc3)(c3ccccc3)c3ccccc3-4)cc2)c2ccc3c(c2)C(c2ccccc2)(c2ccccc2)c2ccccc2-3)cc1. The Morgan fingerprint density at radius 1 is 0.222 bits per heavy atom. The van der Waals surface area contributed by atoms with Gasteiger partial charge in [-0.15, -0.1) is 0 Å². The molecule has 0 atom stereocenters. The zero-order valence-electron chi connectivity index (χ0n) is 34.8. The van der Waals surface area contributed by atoms with Gasteiger partial charge in [0.25, 0.3) is 0 Å². The van der Waals surface area contributed by atoms with Crippen LogP contribution >= 0.6 is 0 Å². The van der Waals surface area contributed by atoms with Gasteiger partial charge in [-0.1, -0.05) is 218 Å². The van der Waals surface area contributed by atoms with Crippen molar-refractivity contribution in [3.63, 3.8) is 0 Å². The summed E-state index contributed by atoms with van der Waals surface area (Å²) in [5.74, 6) is 0. The zero-order valence-corrected chi connectivity index (χ0v) is 34.8. The van der Waals surface area contributed by atoms with Crippen LogP contribution in [-0.4, -0.2) is 0 Å². The van der Waals surface area contributed by atoms with E-state index in [9.17, 15) is 0 Å². The lowest BCUT2D eigenvalue weighted by Gasteiger charge is -2.35. The molecule has 0 heterocycles. The minimum Gasteiger partial charge on any atom is -0.310 e. The highest BCUT2D eigenvalue weighted by Gasteiger charge is 2.47. The molecule has 0 fully saturated rings. The van der Waals surface area contributed by atoms with Crippen molar-refractivity contribution in [3.05, 3.63) is 305 Å². The van der Waals surface area contributed by atoms with Gasteiger partial charge < -0.3 is 4.90 Å². The molecule has 10 aromatic carbocycles. The lowest BCUT2D eigenvalue weighted by atomic mass is 9.67. The quantitative estimate of drug-likeness (QED) is 0.148. The van der Waals surface area contributed by atoms with E-state index in [0.29, 0.717) is 0 Å². The molecule has 1 heteroatoms. The second kappa shape index (κ2) is 14.9. The van der Waals surface area contributed by atoms with Crippen LogP contribution in [0.4, 0.5) is 17.1 Å². The Bertz CT molecular complexity index is 3170.